The quantitative estimate of drug-likeness (QED) is 0.774. The van der Waals surface area contributed by atoms with E-state index in [4.69, 9.17) is 4.74 Å². The lowest BCUT2D eigenvalue weighted by atomic mass is 10.1. The monoisotopic (exact) mass is 329 g/mol. The maximum Gasteiger partial charge on any atom is 0.262 e. The number of H-pyrrole nitrogens is 1. The molecule has 6 nitrogen and oxygen atoms in total. The number of carbonyl (C=O) groups excluding carboxylic acids is 1. The summed E-state index contributed by atoms with van der Waals surface area (Å²) in [5, 5.41) is 3.56. The SMILES string of the molecule is COc1ccc2[nH]cc(C(=O)Nc3nc(C)c(C)s3)c(=O)c2c1. The maximum absolute atomic E-state index is 12.5. The first-order valence-corrected chi connectivity index (χ1v) is 7.76. The Morgan fingerprint density at radius 2 is 2.13 bits per heavy atom. The lowest BCUT2D eigenvalue weighted by Gasteiger charge is -2.05. The van der Waals surface area contributed by atoms with Crippen molar-refractivity contribution in [3.8, 4) is 5.75 Å². The number of hydrogen-bond donors (Lipinski definition) is 2. The molecule has 0 unspecified atom stereocenters. The molecule has 3 rings (SSSR count). The highest BCUT2D eigenvalue weighted by Crippen LogP contribution is 2.22. The van der Waals surface area contributed by atoms with Gasteiger partial charge in [0, 0.05) is 22.0 Å². The van der Waals surface area contributed by atoms with Crippen molar-refractivity contribution in [2.45, 2.75) is 13.8 Å². The average molecular weight is 329 g/mol. The molecule has 2 aromatic heterocycles. The topological polar surface area (TPSA) is 84.1 Å². The number of amides is 1. The molecule has 0 aliphatic heterocycles. The van der Waals surface area contributed by atoms with Gasteiger partial charge in [-0.25, -0.2) is 4.98 Å². The zero-order valence-electron chi connectivity index (χ0n) is 12.9. The number of ether oxygens (including phenoxy) is 1. The Kier molecular flexibility index (Phi) is 3.87. The molecule has 0 saturated carbocycles. The normalized spacial score (nSPS) is 10.7. The van der Waals surface area contributed by atoms with Crippen molar-refractivity contribution >= 4 is 33.3 Å². The van der Waals surface area contributed by atoms with E-state index >= 15 is 0 Å². The van der Waals surface area contributed by atoms with Gasteiger partial charge in [-0.1, -0.05) is 0 Å². The number of nitrogens with zero attached hydrogens (tertiary/aromatic N) is 1. The molecule has 0 radical (unpaired) electrons. The molecule has 118 valence electrons. The molecule has 0 aliphatic carbocycles. The van der Waals surface area contributed by atoms with Gasteiger partial charge in [0.05, 0.1) is 12.8 Å². The van der Waals surface area contributed by atoms with Gasteiger partial charge >= 0.3 is 0 Å². The summed E-state index contributed by atoms with van der Waals surface area (Å²) in [6, 6.07) is 5.10. The summed E-state index contributed by atoms with van der Waals surface area (Å²) >= 11 is 1.38. The summed E-state index contributed by atoms with van der Waals surface area (Å²) in [5.74, 6) is 0.0800. The Hall–Kier alpha value is -2.67. The van der Waals surface area contributed by atoms with Gasteiger partial charge in [-0.3, -0.25) is 14.9 Å². The van der Waals surface area contributed by atoms with Crippen molar-refractivity contribution in [2.24, 2.45) is 0 Å². The van der Waals surface area contributed by atoms with Crippen molar-refractivity contribution in [1.29, 1.82) is 0 Å². The molecule has 3 aromatic rings. The minimum absolute atomic E-state index is 0.0382. The highest BCUT2D eigenvalue weighted by atomic mass is 32.1. The van der Waals surface area contributed by atoms with Crippen molar-refractivity contribution in [2.75, 3.05) is 12.4 Å². The lowest BCUT2D eigenvalue weighted by Crippen LogP contribution is -2.21. The standard InChI is InChI=1S/C16H15N3O3S/c1-8-9(2)23-16(18-8)19-15(21)12-7-17-13-5-4-10(22-3)6-11(13)14(12)20/h4-7H,1-3H3,(H,17,20)(H,18,19,21). The van der Waals surface area contributed by atoms with Crippen LogP contribution >= 0.6 is 11.3 Å². The first-order valence-electron chi connectivity index (χ1n) is 6.94. The number of anilines is 1. The molecule has 23 heavy (non-hydrogen) atoms. The number of thiazole rings is 1. The van der Waals surface area contributed by atoms with Crippen LogP contribution in [0, 0.1) is 13.8 Å². The number of pyridine rings is 1. The van der Waals surface area contributed by atoms with Crippen LogP contribution < -0.4 is 15.5 Å². The molecule has 2 heterocycles. The van der Waals surface area contributed by atoms with E-state index in [0.29, 0.717) is 21.8 Å². The lowest BCUT2D eigenvalue weighted by molar-refractivity contribution is 0.102. The fraction of sp³-hybridized carbons (Fsp3) is 0.188. The number of aryl methyl sites for hydroxylation is 2. The van der Waals surface area contributed by atoms with Crippen molar-refractivity contribution in [3.63, 3.8) is 0 Å². The van der Waals surface area contributed by atoms with Gasteiger partial charge in [-0.2, -0.15) is 0 Å². The van der Waals surface area contributed by atoms with Crippen LogP contribution in [-0.2, 0) is 0 Å². The fourth-order valence-corrected chi connectivity index (χ4v) is 2.99. The second-order valence-electron chi connectivity index (χ2n) is 5.06. The molecule has 7 heteroatoms. The van der Waals surface area contributed by atoms with Crippen LogP contribution in [0.4, 0.5) is 5.13 Å². The van der Waals surface area contributed by atoms with Gasteiger partial charge in [0.1, 0.15) is 11.3 Å². The van der Waals surface area contributed by atoms with E-state index in [-0.39, 0.29) is 11.0 Å². The highest BCUT2D eigenvalue weighted by molar-refractivity contribution is 7.15. The number of benzene rings is 1. The summed E-state index contributed by atoms with van der Waals surface area (Å²) in [5.41, 5.74) is 1.20. The van der Waals surface area contributed by atoms with E-state index in [1.807, 2.05) is 13.8 Å². The van der Waals surface area contributed by atoms with Crippen molar-refractivity contribution in [1.82, 2.24) is 9.97 Å². The van der Waals surface area contributed by atoms with Gasteiger partial charge in [0.2, 0.25) is 5.43 Å². The molecule has 0 bridgehead atoms. The third kappa shape index (κ3) is 2.83. The van der Waals surface area contributed by atoms with Crippen LogP contribution in [0.25, 0.3) is 10.9 Å². The van der Waals surface area contributed by atoms with E-state index in [9.17, 15) is 9.59 Å². The highest BCUT2D eigenvalue weighted by Gasteiger charge is 2.15. The zero-order chi connectivity index (χ0) is 16.6. The van der Waals surface area contributed by atoms with E-state index in [1.165, 1.54) is 24.6 Å². The number of hydrogen-bond acceptors (Lipinski definition) is 5. The second kappa shape index (κ2) is 5.85. The molecule has 0 spiro atoms. The second-order valence-corrected chi connectivity index (χ2v) is 6.26. The van der Waals surface area contributed by atoms with Crippen LogP contribution in [0.15, 0.2) is 29.2 Å². The molecule has 0 aliphatic rings. The van der Waals surface area contributed by atoms with Gasteiger partial charge in [-0.15, -0.1) is 11.3 Å². The number of fused-ring (bicyclic) bond motifs is 1. The zero-order valence-corrected chi connectivity index (χ0v) is 13.7. The minimum atomic E-state index is -0.482. The number of methoxy groups -OCH3 is 1. The molecular formula is C16H15N3O3S. The number of aromatic amines is 1. The number of carbonyl (C=O) groups is 1. The largest absolute Gasteiger partial charge is 0.497 e. The predicted molar refractivity (Wildman–Crippen MR) is 90.7 cm³/mol. The van der Waals surface area contributed by atoms with Crippen LogP contribution in [0.1, 0.15) is 20.9 Å². The van der Waals surface area contributed by atoms with E-state index < -0.39 is 5.91 Å². The van der Waals surface area contributed by atoms with Gasteiger partial charge in [-0.05, 0) is 32.0 Å². The molecule has 1 amide bonds. The Morgan fingerprint density at radius 1 is 1.35 bits per heavy atom. The summed E-state index contributed by atoms with van der Waals surface area (Å²) < 4.78 is 5.13. The third-order valence-corrected chi connectivity index (χ3v) is 4.57. The van der Waals surface area contributed by atoms with Gasteiger partial charge in [0.15, 0.2) is 5.13 Å². The summed E-state index contributed by atoms with van der Waals surface area (Å²) in [7, 11) is 1.53. The van der Waals surface area contributed by atoms with Crippen LogP contribution in [0.3, 0.4) is 0 Å². The number of rotatable bonds is 3. The predicted octanol–water partition coefficient (Wildman–Crippen LogP) is 2.86. The Labute approximate surface area is 136 Å². The Balaban J connectivity index is 2.00. The molecule has 0 fully saturated rings. The van der Waals surface area contributed by atoms with Crippen molar-refractivity contribution < 1.29 is 9.53 Å². The summed E-state index contributed by atoms with van der Waals surface area (Å²) in [6.45, 7) is 3.80. The van der Waals surface area contributed by atoms with Crippen molar-refractivity contribution in [3.05, 3.63) is 50.8 Å². The molecular weight excluding hydrogens is 314 g/mol. The summed E-state index contributed by atoms with van der Waals surface area (Å²) in [4.78, 5) is 33.1. The Morgan fingerprint density at radius 3 is 2.78 bits per heavy atom. The number of nitrogens with one attached hydrogen (secondary N) is 2. The van der Waals surface area contributed by atoms with E-state index in [1.54, 1.807) is 18.2 Å². The average Bonchev–Trinajstić information content (AvgIpc) is 2.85. The third-order valence-electron chi connectivity index (χ3n) is 3.58. The number of aromatic nitrogens is 2. The smallest absolute Gasteiger partial charge is 0.262 e. The Bertz CT molecular complexity index is 939. The van der Waals surface area contributed by atoms with E-state index in [0.717, 1.165) is 10.6 Å². The van der Waals surface area contributed by atoms with Gasteiger partial charge in [0.25, 0.3) is 5.91 Å². The first kappa shape index (κ1) is 15.2. The van der Waals surface area contributed by atoms with Crippen LogP contribution in [-0.4, -0.2) is 23.0 Å². The maximum atomic E-state index is 12.5. The van der Waals surface area contributed by atoms with E-state index in [2.05, 4.69) is 15.3 Å². The summed E-state index contributed by atoms with van der Waals surface area (Å²) in [6.07, 6.45) is 1.42. The molecule has 0 saturated heterocycles. The molecule has 2 N–H and O–H groups in total. The van der Waals surface area contributed by atoms with Gasteiger partial charge < -0.3 is 9.72 Å². The van der Waals surface area contributed by atoms with Crippen LogP contribution in [0.2, 0.25) is 0 Å². The molecule has 0 atom stereocenters. The minimum Gasteiger partial charge on any atom is -0.497 e. The first-order chi connectivity index (χ1) is 11.0. The fourth-order valence-electron chi connectivity index (χ4n) is 2.18. The molecule has 1 aromatic carbocycles. The van der Waals surface area contributed by atoms with Crippen LogP contribution in [0.5, 0.6) is 5.75 Å².